The molecule has 0 aliphatic heterocycles. The molecule has 0 saturated heterocycles. The van der Waals surface area contributed by atoms with E-state index in [9.17, 15) is 8.42 Å². The third-order valence-electron chi connectivity index (χ3n) is 6.23. The Balaban J connectivity index is 1.87. The van der Waals surface area contributed by atoms with Crippen LogP contribution in [0, 0.1) is 5.92 Å². The van der Waals surface area contributed by atoms with E-state index < -0.39 is 15.3 Å². The summed E-state index contributed by atoms with van der Waals surface area (Å²) in [5.74, 6) is 1.09. The van der Waals surface area contributed by atoms with E-state index in [1.54, 1.807) is 13.8 Å². The Morgan fingerprint density at radius 1 is 1.04 bits per heavy atom. The topological polar surface area (TPSA) is 55.4 Å². The van der Waals surface area contributed by atoms with Crippen LogP contribution in [0.25, 0.3) is 0 Å². The first-order chi connectivity index (χ1) is 12.8. The van der Waals surface area contributed by atoms with Crippen LogP contribution >= 0.6 is 15.9 Å². The van der Waals surface area contributed by atoms with E-state index in [2.05, 4.69) is 20.7 Å². The standard InChI is InChI=1S/C21H32BrNO3S/c1-16(2)27(24,25)23-21(14-6-3-7-15-21)19-8-4-5-9-20(19)26-18-12-10-17(22)11-13-18/h10-13,16,19-20,23H,3-9,14-15H2,1-2H3/t19-,20-/m1/s1. The number of hydrogen-bond donors (Lipinski definition) is 1. The Kier molecular flexibility index (Phi) is 6.91. The highest BCUT2D eigenvalue weighted by Gasteiger charge is 2.47. The zero-order chi connectivity index (χ0) is 19.5. The number of sulfonamides is 1. The molecule has 1 N–H and O–H groups in total. The average molecular weight is 458 g/mol. The van der Waals surface area contributed by atoms with E-state index >= 15 is 0 Å². The molecule has 0 spiro atoms. The predicted octanol–water partition coefficient (Wildman–Crippen LogP) is 5.42. The molecule has 27 heavy (non-hydrogen) atoms. The highest BCUT2D eigenvalue weighted by molar-refractivity contribution is 9.10. The van der Waals surface area contributed by atoms with E-state index in [-0.39, 0.29) is 17.6 Å². The average Bonchev–Trinajstić information content (AvgIpc) is 2.64. The minimum atomic E-state index is -3.32. The van der Waals surface area contributed by atoms with Crippen LogP contribution in [0.5, 0.6) is 5.75 Å². The van der Waals surface area contributed by atoms with Gasteiger partial charge in [0.05, 0.1) is 5.25 Å². The molecule has 0 aromatic heterocycles. The van der Waals surface area contributed by atoms with Crippen molar-refractivity contribution < 1.29 is 13.2 Å². The molecule has 2 saturated carbocycles. The number of benzene rings is 1. The Morgan fingerprint density at radius 3 is 2.30 bits per heavy atom. The van der Waals surface area contributed by atoms with Crippen molar-refractivity contribution in [2.24, 2.45) is 5.92 Å². The van der Waals surface area contributed by atoms with Crippen molar-refractivity contribution >= 4 is 26.0 Å². The molecule has 6 heteroatoms. The number of ether oxygens (including phenoxy) is 1. The summed E-state index contributed by atoms with van der Waals surface area (Å²) in [6.07, 6.45) is 9.58. The molecule has 2 aliphatic rings. The Labute approximate surface area is 172 Å². The smallest absolute Gasteiger partial charge is 0.214 e. The molecule has 0 amide bonds. The lowest BCUT2D eigenvalue weighted by molar-refractivity contribution is 0.0202. The van der Waals surface area contributed by atoms with Crippen molar-refractivity contribution in [2.45, 2.75) is 88.5 Å². The first-order valence-electron chi connectivity index (χ1n) is 10.3. The van der Waals surface area contributed by atoms with Gasteiger partial charge in [-0.3, -0.25) is 0 Å². The van der Waals surface area contributed by atoms with Crippen LogP contribution in [0.2, 0.25) is 0 Å². The van der Waals surface area contributed by atoms with Gasteiger partial charge in [-0.1, -0.05) is 41.6 Å². The van der Waals surface area contributed by atoms with E-state index in [1.165, 1.54) is 6.42 Å². The van der Waals surface area contributed by atoms with Crippen LogP contribution in [-0.4, -0.2) is 25.3 Å². The lowest BCUT2D eigenvalue weighted by atomic mass is 9.67. The van der Waals surface area contributed by atoms with Crippen LogP contribution in [0.15, 0.2) is 28.7 Å². The quantitative estimate of drug-likeness (QED) is 0.620. The maximum atomic E-state index is 12.8. The van der Waals surface area contributed by atoms with E-state index in [1.807, 2.05) is 24.3 Å². The molecule has 4 nitrogen and oxygen atoms in total. The predicted molar refractivity (Wildman–Crippen MR) is 114 cm³/mol. The van der Waals surface area contributed by atoms with E-state index in [4.69, 9.17) is 4.74 Å². The molecule has 2 aliphatic carbocycles. The van der Waals surface area contributed by atoms with Gasteiger partial charge in [0, 0.05) is 15.9 Å². The van der Waals surface area contributed by atoms with Crippen LogP contribution in [0.4, 0.5) is 0 Å². The lowest BCUT2D eigenvalue weighted by Gasteiger charge is -2.48. The summed E-state index contributed by atoms with van der Waals surface area (Å²) in [4.78, 5) is 0. The van der Waals surface area contributed by atoms with E-state index in [0.29, 0.717) is 0 Å². The van der Waals surface area contributed by atoms with Gasteiger partial charge in [-0.15, -0.1) is 0 Å². The maximum absolute atomic E-state index is 12.8. The zero-order valence-electron chi connectivity index (χ0n) is 16.4. The van der Waals surface area contributed by atoms with Crippen LogP contribution in [0.1, 0.15) is 71.6 Å². The normalized spacial score (nSPS) is 26.1. The monoisotopic (exact) mass is 457 g/mol. The SMILES string of the molecule is CC(C)S(=O)(=O)NC1([C@@H]2CCCC[C@H]2Oc2ccc(Br)cc2)CCCCC1. The molecule has 3 rings (SSSR count). The van der Waals surface area contributed by atoms with Crippen molar-refractivity contribution in [2.75, 3.05) is 0 Å². The summed E-state index contributed by atoms with van der Waals surface area (Å²) in [6.45, 7) is 3.52. The van der Waals surface area contributed by atoms with Crippen molar-refractivity contribution in [3.05, 3.63) is 28.7 Å². The Morgan fingerprint density at radius 2 is 1.67 bits per heavy atom. The fraction of sp³-hybridized carbons (Fsp3) is 0.714. The van der Waals surface area contributed by atoms with Crippen LogP contribution < -0.4 is 9.46 Å². The molecule has 0 radical (unpaired) electrons. The number of rotatable bonds is 6. The highest BCUT2D eigenvalue weighted by atomic mass is 79.9. The second-order valence-electron chi connectivity index (χ2n) is 8.41. The van der Waals surface area contributed by atoms with Crippen molar-refractivity contribution in [3.8, 4) is 5.75 Å². The minimum Gasteiger partial charge on any atom is -0.490 e. The van der Waals surface area contributed by atoms with Crippen molar-refractivity contribution in [1.29, 1.82) is 0 Å². The molecule has 0 heterocycles. The summed E-state index contributed by atoms with van der Waals surface area (Å²) in [5, 5.41) is -0.411. The molecule has 0 bridgehead atoms. The van der Waals surface area contributed by atoms with Gasteiger partial charge < -0.3 is 4.74 Å². The molecule has 152 valence electrons. The summed E-state index contributed by atoms with van der Waals surface area (Å²) in [7, 11) is -3.32. The second kappa shape index (κ2) is 8.83. The fourth-order valence-electron chi connectivity index (χ4n) is 4.69. The van der Waals surface area contributed by atoms with Gasteiger partial charge in [0.15, 0.2) is 0 Å². The number of halogens is 1. The highest BCUT2D eigenvalue weighted by Crippen LogP contribution is 2.43. The van der Waals surface area contributed by atoms with Crippen LogP contribution in [-0.2, 0) is 10.0 Å². The first-order valence-corrected chi connectivity index (χ1v) is 12.6. The van der Waals surface area contributed by atoms with Crippen molar-refractivity contribution in [1.82, 2.24) is 4.72 Å². The van der Waals surface area contributed by atoms with Gasteiger partial charge in [-0.05, 0) is 70.2 Å². The van der Waals surface area contributed by atoms with Gasteiger partial charge in [-0.2, -0.15) is 0 Å². The van der Waals surface area contributed by atoms with Gasteiger partial charge in [0.1, 0.15) is 11.9 Å². The van der Waals surface area contributed by atoms with Gasteiger partial charge in [0.25, 0.3) is 0 Å². The maximum Gasteiger partial charge on any atom is 0.214 e. The lowest BCUT2D eigenvalue weighted by Crippen LogP contribution is -2.60. The number of hydrogen-bond acceptors (Lipinski definition) is 3. The molecular weight excluding hydrogens is 426 g/mol. The molecule has 2 atom stereocenters. The van der Waals surface area contributed by atoms with Crippen molar-refractivity contribution in [3.63, 3.8) is 0 Å². The molecule has 0 unspecified atom stereocenters. The Hall–Kier alpha value is -0.590. The van der Waals surface area contributed by atoms with E-state index in [0.717, 1.165) is 61.6 Å². The fourth-order valence-corrected chi connectivity index (χ4v) is 6.11. The number of nitrogens with one attached hydrogen (secondary N) is 1. The largest absolute Gasteiger partial charge is 0.490 e. The molecular formula is C21H32BrNO3S. The van der Waals surface area contributed by atoms with Gasteiger partial charge in [0.2, 0.25) is 10.0 Å². The third kappa shape index (κ3) is 5.07. The second-order valence-corrected chi connectivity index (χ2v) is 11.6. The summed E-state index contributed by atoms with van der Waals surface area (Å²) < 4.78 is 36.2. The van der Waals surface area contributed by atoms with Crippen LogP contribution in [0.3, 0.4) is 0 Å². The van der Waals surface area contributed by atoms with Gasteiger partial charge >= 0.3 is 0 Å². The zero-order valence-corrected chi connectivity index (χ0v) is 18.8. The minimum absolute atomic E-state index is 0.0629. The summed E-state index contributed by atoms with van der Waals surface area (Å²) in [6, 6.07) is 7.96. The molecule has 1 aromatic rings. The summed E-state index contributed by atoms with van der Waals surface area (Å²) in [5.41, 5.74) is -0.359. The molecule has 2 fully saturated rings. The third-order valence-corrected chi connectivity index (χ3v) is 8.69. The van der Waals surface area contributed by atoms with Gasteiger partial charge in [-0.25, -0.2) is 13.1 Å². The Bertz CT molecular complexity index is 711. The molecule has 1 aromatic carbocycles. The summed E-state index contributed by atoms with van der Waals surface area (Å²) >= 11 is 3.47. The first kappa shape index (κ1) is 21.1.